The molecule has 1 aromatic rings. The largest absolute Gasteiger partial charge is 0.293 e. The number of carbonyl (C=O) groups is 1. The van der Waals surface area contributed by atoms with E-state index in [1.807, 2.05) is 0 Å². The molecule has 2 rings (SSSR count). The Balaban J connectivity index is 2.28. The van der Waals surface area contributed by atoms with Crippen molar-refractivity contribution in [3.63, 3.8) is 0 Å². The Kier molecular flexibility index (Phi) is 2.74. The molecule has 0 spiro atoms. The van der Waals surface area contributed by atoms with Crippen molar-refractivity contribution in [2.75, 3.05) is 0 Å². The van der Waals surface area contributed by atoms with Crippen LogP contribution in [0, 0.1) is 0 Å². The molecule has 3 N–H and O–H groups in total. The standard InChI is InChI=1S/C14H20N2O/c1-13(2,3)10-4-6-11(7-5-10)14(8-9-14)12(17)16-15/h4-7H,8-9,15H2,1-3H3,(H,16,17). The second-order valence-corrected chi connectivity index (χ2v) is 5.88. The molecule has 0 aromatic heterocycles. The summed E-state index contributed by atoms with van der Waals surface area (Å²) in [6.07, 6.45) is 1.79. The van der Waals surface area contributed by atoms with E-state index in [2.05, 4.69) is 50.5 Å². The molecule has 0 aliphatic heterocycles. The molecule has 1 aliphatic carbocycles. The minimum absolute atomic E-state index is 0.0685. The summed E-state index contributed by atoms with van der Waals surface area (Å²) in [5.74, 6) is 5.17. The molecule has 3 heteroatoms. The smallest absolute Gasteiger partial charge is 0.244 e. The molecule has 0 heterocycles. The minimum Gasteiger partial charge on any atom is -0.293 e. The van der Waals surface area contributed by atoms with Crippen LogP contribution in [0.2, 0.25) is 0 Å². The Labute approximate surface area is 102 Å². The normalized spacial score (nSPS) is 17.6. The fraction of sp³-hybridized carbons (Fsp3) is 0.500. The topological polar surface area (TPSA) is 55.1 Å². The third-order valence-electron chi connectivity index (χ3n) is 3.62. The summed E-state index contributed by atoms with van der Waals surface area (Å²) in [6, 6.07) is 8.34. The Morgan fingerprint density at radius 2 is 1.76 bits per heavy atom. The van der Waals surface area contributed by atoms with Gasteiger partial charge in [-0.05, 0) is 29.4 Å². The van der Waals surface area contributed by atoms with Crippen LogP contribution >= 0.6 is 0 Å². The van der Waals surface area contributed by atoms with E-state index in [-0.39, 0.29) is 16.7 Å². The Hall–Kier alpha value is -1.35. The van der Waals surface area contributed by atoms with Gasteiger partial charge in [-0.1, -0.05) is 45.0 Å². The number of rotatable bonds is 2. The molecule has 92 valence electrons. The van der Waals surface area contributed by atoms with Gasteiger partial charge in [0.1, 0.15) is 0 Å². The van der Waals surface area contributed by atoms with Crippen LogP contribution in [0.3, 0.4) is 0 Å². The summed E-state index contributed by atoms with van der Waals surface area (Å²) in [5, 5.41) is 0. The maximum absolute atomic E-state index is 11.7. The summed E-state index contributed by atoms with van der Waals surface area (Å²) < 4.78 is 0. The van der Waals surface area contributed by atoms with Gasteiger partial charge in [0.25, 0.3) is 0 Å². The predicted octanol–water partition coefficient (Wildman–Crippen LogP) is 2.01. The van der Waals surface area contributed by atoms with E-state index in [4.69, 9.17) is 5.84 Å². The van der Waals surface area contributed by atoms with Crippen LogP contribution in [0.15, 0.2) is 24.3 Å². The lowest BCUT2D eigenvalue weighted by atomic mass is 9.85. The Bertz CT molecular complexity index is 425. The molecule has 1 fully saturated rings. The van der Waals surface area contributed by atoms with Crippen molar-refractivity contribution in [3.8, 4) is 0 Å². The molecular formula is C14H20N2O. The Morgan fingerprint density at radius 3 is 2.12 bits per heavy atom. The predicted molar refractivity (Wildman–Crippen MR) is 68.4 cm³/mol. The van der Waals surface area contributed by atoms with Gasteiger partial charge >= 0.3 is 0 Å². The number of hydrogen-bond acceptors (Lipinski definition) is 2. The summed E-state index contributed by atoms with van der Waals surface area (Å²) in [5.41, 5.74) is 4.42. The summed E-state index contributed by atoms with van der Waals surface area (Å²) in [6.45, 7) is 6.55. The van der Waals surface area contributed by atoms with Gasteiger partial charge in [0.15, 0.2) is 0 Å². The van der Waals surface area contributed by atoms with Crippen LogP contribution in [0.1, 0.15) is 44.7 Å². The lowest BCUT2D eigenvalue weighted by Gasteiger charge is -2.20. The minimum atomic E-state index is -0.356. The maximum atomic E-state index is 11.7. The lowest BCUT2D eigenvalue weighted by Crippen LogP contribution is -2.39. The van der Waals surface area contributed by atoms with Gasteiger partial charge in [-0.15, -0.1) is 0 Å². The highest BCUT2D eigenvalue weighted by atomic mass is 16.2. The lowest BCUT2D eigenvalue weighted by molar-refractivity contribution is -0.123. The number of carbonyl (C=O) groups excluding carboxylic acids is 1. The zero-order valence-electron chi connectivity index (χ0n) is 10.7. The molecule has 1 saturated carbocycles. The first-order chi connectivity index (χ1) is 7.90. The zero-order valence-corrected chi connectivity index (χ0v) is 10.7. The molecule has 3 nitrogen and oxygen atoms in total. The third kappa shape index (κ3) is 2.07. The molecule has 1 aliphatic rings. The first-order valence-corrected chi connectivity index (χ1v) is 6.02. The van der Waals surface area contributed by atoms with E-state index in [0.717, 1.165) is 18.4 Å². The first-order valence-electron chi connectivity index (χ1n) is 6.02. The molecule has 0 saturated heterocycles. The van der Waals surface area contributed by atoms with Crippen LogP contribution in [0.4, 0.5) is 0 Å². The summed E-state index contributed by atoms with van der Waals surface area (Å²) >= 11 is 0. The van der Waals surface area contributed by atoms with Crippen molar-refractivity contribution in [3.05, 3.63) is 35.4 Å². The van der Waals surface area contributed by atoms with Crippen molar-refractivity contribution < 1.29 is 4.79 Å². The summed E-state index contributed by atoms with van der Waals surface area (Å²) in [4.78, 5) is 11.7. The average molecular weight is 232 g/mol. The number of hydrazine groups is 1. The van der Waals surface area contributed by atoms with Gasteiger partial charge in [0.05, 0.1) is 5.41 Å². The molecule has 0 atom stereocenters. The fourth-order valence-corrected chi connectivity index (χ4v) is 2.20. The van der Waals surface area contributed by atoms with E-state index in [1.165, 1.54) is 5.56 Å². The van der Waals surface area contributed by atoms with E-state index < -0.39 is 0 Å². The maximum Gasteiger partial charge on any atom is 0.244 e. The van der Waals surface area contributed by atoms with Gasteiger partial charge in [0, 0.05) is 0 Å². The highest BCUT2D eigenvalue weighted by Gasteiger charge is 2.51. The Morgan fingerprint density at radius 1 is 1.24 bits per heavy atom. The van der Waals surface area contributed by atoms with E-state index >= 15 is 0 Å². The molecule has 0 radical (unpaired) electrons. The monoisotopic (exact) mass is 232 g/mol. The van der Waals surface area contributed by atoms with Gasteiger partial charge in [0.2, 0.25) is 5.91 Å². The number of nitrogens with two attached hydrogens (primary N) is 1. The van der Waals surface area contributed by atoms with Gasteiger partial charge in [-0.2, -0.15) is 0 Å². The SMILES string of the molecule is CC(C)(C)c1ccc(C2(C(=O)NN)CC2)cc1. The fourth-order valence-electron chi connectivity index (χ4n) is 2.20. The number of amides is 1. The van der Waals surface area contributed by atoms with E-state index in [9.17, 15) is 4.79 Å². The molecule has 0 bridgehead atoms. The van der Waals surface area contributed by atoms with Crippen molar-refractivity contribution in [1.29, 1.82) is 0 Å². The van der Waals surface area contributed by atoms with Crippen LogP contribution < -0.4 is 11.3 Å². The highest BCUT2D eigenvalue weighted by molar-refractivity contribution is 5.90. The van der Waals surface area contributed by atoms with Crippen molar-refractivity contribution in [1.82, 2.24) is 5.43 Å². The molecular weight excluding hydrogens is 212 g/mol. The molecule has 1 amide bonds. The first kappa shape index (κ1) is 12.1. The van der Waals surface area contributed by atoms with Crippen molar-refractivity contribution in [2.45, 2.75) is 44.4 Å². The molecule has 1 aromatic carbocycles. The van der Waals surface area contributed by atoms with E-state index in [0.29, 0.717) is 0 Å². The van der Waals surface area contributed by atoms with Gasteiger partial charge in [-0.25, -0.2) is 5.84 Å². The van der Waals surface area contributed by atoms with Crippen LogP contribution in [0.25, 0.3) is 0 Å². The van der Waals surface area contributed by atoms with Crippen LogP contribution in [-0.4, -0.2) is 5.91 Å². The second-order valence-electron chi connectivity index (χ2n) is 5.88. The summed E-state index contributed by atoms with van der Waals surface area (Å²) in [7, 11) is 0. The third-order valence-corrected chi connectivity index (χ3v) is 3.62. The highest BCUT2D eigenvalue weighted by Crippen LogP contribution is 2.48. The van der Waals surface area contributed by atoms with Crippen LogP contribution in [-0.2, 0) is 15.6 Å². The number of benzene rings is 1. The average Bonchev–Trinajstić information content (AvgIpc) is 3.08. The quantitative estimate of drug-likeness (QED) is 0.465. The van der Waals surface area contributed by atoms with Gasteiger partial charge < -0.3 is 0 Å². The second kappa shape index (κ2) is 3.84. The molecule has 0 unspecified atom stereocenters. The van der Waals surface area contributed by atoms with Crippen molar-refractivity contribution >= 4 is 5.91 Å². The van der Waals surface area contributed by atoms with E-state index in [1.54, 1.807) is 0 Å². The number of hydrogen-bond donors (Lipinski definition) is 2. The van der Waals surface area contributed by atoms with Crippen LogP contribution in [0.5, 0.6) is 0 Å². The van der Waals surface area contributed by atoms with Gasteiger partial charge in [-0.3, -0.25) is 10.2 Å². The molecule has 17 heavy (non-hydrogen) atoms. The number of nitrogens with one attached hydrogen (secondary N) is 1. The van der Waals surface area contributed by atoms with Crippen molar-refractivity contribution in [2.24, 2.45) is 5.84 Å². The zero-order chi connectivity index (χ0) is 12.7.